The Balaban J connectivity index is 0. The Hall–Kier alpha value is -1.26. The zero-order valence-corrected chi connectivity index (χ0v) is 7.16. The van der Waals surface area contributed by atoms with Gasteiger partial charge in [-0.1, -0.05) is 0 Å². The summed E-state index contributed by atoms with van der Waals surface area (Å²) < 4.78 is 8.08. The molecule has 0 radical (unpaired) electrons. The second-order valence-electron chi connectivity index (χ2n) is 1.73. The molecule has 0 heterocycles. The van der Waals surface area contributed by atoms with Crippen molar-refractivity contribution in [3.05, 3.63) is 0 Å². The van der Waals surface area contributed by atoms with Crippen molar-refractivity contribution >= 4 is 12.6 Å². The number of hydrogen-bond acceptors (Lipinski definition) is 4. The summed E-state index contributed by atoms with van der Waals surface area (Å²) in [4.78, 5) is 20.6. The van der Waals surface area contributed by atoms with Gasteiger partial charge < -0.3 is 14.4 Å². The van der Waals surface area contributed by atoms with Crippen LogP contribution in [0.4, 0.5) is 4.79 Å². The molecule has 0 unspecified atom stereocenters. The minimum atomic E-state index is -0.657. The van der Waals surface area contributed by atoms with E-state index in [1.54, 1.807) is 14.1 Å². The molecule has 0 bridgehead atoms. The van der Waals surface area contributed by atoms with Crippen LogP contribution in [0, 0.1) is 0 Å². The van der Waals surface area contributed by atoms with Crippen LogP contribution in [0.2, 0.25) is 0 Å². The Morgan fingerprint density at radius 1 is 1.27 bits per heavy atom. The molecule has 5 nitrogen and oxygen atoms in total. The van der Waals surface area contributed by atoms with Gasteiger partial charge in [0.2, 0.25) is 6.41 Å². The van der Waals surface area contributed by atoms with Gasteiger partial charge in [-0.2, -0.15) is 0 Å². The fourth-order valence-corrected chi connectivity index (χ4v) is 0.0833. The molecule has 0 atom stereocenters. The smallest absolute Gasteiger partial charge is 0.438 e. The van der Waals surface area contributed by atoms with E-state index in [2.05, 4.69) is 9.47 Å². The van der Waals surface area contributed by atoms with Crippen molar-refractivity contribution in [3.63, 3.8) is 0 Å². The highest BCUT2D eigenvalue weighted by Crippen LogP contribution is 1.72. The number of methoxy groups -OCH3 is 2. The van der Waals surface area contributed by atoms with E-state index in [0.29, 0.717) is 0 Å². The summed E-state index contributed by atoms with van der Waals surface area (Å²) in [5.74, 6) is 0. The van der Waals surface area contributed by atoms with Gasteiger partial charge in [-0.3, -0.25) is 4.79 Å². The lowest BCUT2D eigenvalue weighted by Gasteiger charge is -1.93. The SMILES string of the molecule is CN(C)C=O.COC(=O)OC. The average molecular weight is 163 g/mol. The highest BCUT2D eigenvalue weighted by Gasteiger charge is 1.88. The summed E-state index contributed by atoms with van der Waals surface area (Å²) in [6.07, 6.45) is 0.0926. The minimum absolute atomic E-state index is 0.657. The maximum Gasteiger partial charge on any atom is 0.507 e. The first kappa shape index (κ1) is 12.4. The number of ether oxygens (including phenoxy) is 2. The van der Waals surface area contributed by atoms with E-state index in [4.69, 9.17) is 0 Å². The first-order valence-corrected chi connectivity index (χ1v) is 2.82. The number of nitrogens with zero attached hydrogens (tertiary/aromatic N) is 1. The number of rotatable bonds is 1. The van der Waals surface area contributed by atoms with E-state index >= 15 is 0 Å². The van der Waals surface area contributed by atoms with E-state index in [1.165, 1.54) is 19.1 Å². The Morgan fingerprint density at radius 3 is 1.55 bits per heavy atom. The monoisotopic (exact) mass is 163 g/mol. The maximum atomic E-state index is 9.74. The molecule has 0 rings (SSSR count). The fraction of sp³-hybridized carbons (Fsp3) is 0.667. The number of amides is 1. The molecule has 0 saturated heterocycles. The van der Waals surface area contributed by atoms with Crippen LogP contribution in [0.3, 0.4) is 0 Å². The largest absolute Gasteiger partial charge is 0.507 e. The van der Waals surface area contributed by atoms with Gasteiger partial charge in [-0.15, -0.1) is 0 Å². The van der Waals surface area contributed by atoms with Crippen LogP contribution >= 0.6 is 0 Å². The van der Waals surface area contributed by atoms with E-state index in [1.807, 2.05) is 0 Å². The molecule has 0 aliphatic carbocycles. The Kier molecular flexibility index (Phi) is 9.87. The van der Waals surface area contributed by atoms with E-state index in [-0.39, 0.29) is 0 Å². The zero-order chi connectivity index (χ0) is 9.28. The summed E-state index contributed by atoms with van der Waals surface area (Å²) in [7, 11) is 5.89. The highest BCUT2D eigenvalue weighted by atomic mass is 16.7. The van der Waals surface area contributed by atoms with Crippen molar-refractivity contribution < 1.29 is 19.1 Å². The van der Waals surface area contributed by atoms with Crippen LogP contribution in [-0.2, 0) is 14.3 Å². The summed E-state index contributed by atoms with van der Waals surface area (Å²) in [6, 6.07) is 0. The first-order chi connectivity index (χ1) is 5.08. The molecular formula is C6H13NO4. The molecule has 0 N–H and O–H groups in total. The molecule has 0 aliphatic heterocycles. The topological polar surface area (TPSA) is 55.8 Å². The molecule has 66 valence electrons. The highest BCUT2D eigenvalue weighted by molar-refractivity contribution is 5.59. The van der Waals surface area contributed by atoms with Crippen LogP contribution < -0.4 is 0 Å². The minimum Gasteiger partial charge on any atom is -0.438 e. The summed E-state index contributed by atoms with van der Waals surface area (Å²) in [6.45, 7) is 0. The Bertz CT molecular complexity index is 107. The summed E-state index contributed by atoms with van der Waals surface area (Å²) >= 11 is 0. The predicted octanol–water partition coefficient (Wildman–Crippen LogP) is 0.104. The van der Waals surface area contributed by atoms with Gasteiger partial charge in [-0.05, 0) is 0 Å². The van der Waals surface area contributed by atoms with E-state index < -0.39 is 6.16 Å². The van der Waals surface area contributed by atoms with Crippen molar-refractivity contribution in [3.8, 4) is 0 Å². The first-order valence-electron chi connectivity index (χ1n) is 2.82. The van der Waals surface area contributed by atoms with Crippen LogP contribution in [0.5, 0.6) is 0 Å². The number of carbonyl (C=O) groups is 2. The molecule has 0 spiro atoms. The predicted molar refractivity (Wildman–Crippen MR) is 39.2 cm³/mol. The molecule has 0 aromatic carbocycles. The molecule has 0 aliphatic rings. The third-order valence-corrected chi connectivity index (χ3v) is 0.544. The molecule has 0 saturated carbocycles. The second-order valence-corrected chi connectivity index (χ2v) is 1.73. The van der Waals surface area contributed by atoms with Gasteiger partial charge >= 0.3 is 6.16 Å². The third kappa shape index (κ3) is 17.7. The van der Waals surface area contributed by atoms with Crippen LogP contribution in [0.25, 0.3) is 0 Å². The van der Waals surface area contributed by atoms with Gasteiger partial charge in [0, 0.05) is 14.1 Å². The number of hydrogen-bond donors (Lipinski definition) is 0. The lowest BCUT2D eigenvalue weighted by molar-refractivity contribution is -0.115. The summed E-state index contributed by atoms with van der Waals surface area (Å²) in [5, 5.41) is 0. The quantitative estimate of drug-likeness (QED) is 0.406. The van der Waals surface area contributed by atoms with Gasteiger partial charge in [0.1, 0.15) is 0 Å². The van der Waals surface area contributed by atoms with Crippen molar-refractivity contribution in [2.24, 2.45) is 0 Å². The van der Waals surface area contributed by atoms with Crippen molar-refractivity contribution in [2.45, 2.75) is 0 Å². The van der Waals surface area contributed by atoms with Gasteiger partial charge in [0.25, 0.3) is 0 Å². The average Bonchev–Trinajstić information content (AvgIpc) is 2.04. The van der Waals surface area contributed by atoms with Gasteiger partial charge in [0.05, 0.1) is 14.2 Å². The molecule has 0 aromatic rings. The van der Waals surface area contributed by atoms with Crippen LogP contribution in [-0.4, -0.2) is 45.8 Å². The lowest BCUT2D eigenvalue weighted by Crippen LogP contribution is -2.06. The molecule has 0 aromatic heterocycles. The van der Waals surface area contributed by atoms with Gasteiger partial charge in [0.15, 0.2) is 0 Å². The van der Waals surface area contributed by atoms with Gasteiger partial charge in [-0.25, -0.2) is 4.79 Å². The van der Waals surface area contributed by atoms with Crippen LogP contribution in [0.15, 0.2) is 0 Å². The fourth-order valence-electron chi connectivity index (χ4n) is 0.0833. The molecule has 11 heavy (non-hydrogen) atoms. The van der Waals surface area contributed by atoms with Crippen LogP contribution in [0.1, 0.15) is 0 Å². The second kappa shape index (κ2) is 8.74. The number of carbonyl (C=O) groups excluding carboxylic acids is 2. The van der Waals surface area contributed by atoms with Crippen molar-refractivity contribution in [1.82, 2.24) is 4.90 Å². The normalized spacial score (nSPS) is 6.91. The Labute approximate surface area is 65.9 Å². The molecule has 0 fully saturated rings. The third-order valence-electron chi connectivity index (χ3n) is 0.544. The van der Waals surface area contributed by atoms with E-state index in [9.17, 15) is 9.59 Å². The molecule has 1 amide bonds. The summed E-state index contributed by atoms with van der Waals surface area (Å²) in [5.41, 5.74) is 0. The lowest BCUT2D eigenvalue weighted by atomic mass is 11.0. The van der Waals surface area contributed by atoms with Crippen molar-refractivity contribution in [1.29, 1.82) is 0 Å². The molecule has 5 heteroatoms. The molecular weight excluding hydrogens is 150 g/mol. The zero-order valence-electron chi connectivity index (χ0n) is 7.16. The van der Waals surface area contributed by atoms with Crippen molar-refractivity contribution in [2.75, 3.05) is 28.3 Å². The Morgan fingerprint density at radius 2 is 1.55 bits per heavy atom. The maximum absolute atomic E-state index is 9.74. The standard InChI is InChI=1S/C3H7NO.C3H6O3/c1-4(2)3-5;1-5-3(4)6-2/h3H,1-2H3;1-2H3. The van der Waals surface area contributed by atoms with E-state index in [0.717, 1.165) is 6.41 Å².